The van der Waals surface area contributed by atoms with Crippen LogP contribution in [-0.2, 0) is 10.2 Å². The number of aromatic nitrogens is 5. The van der Waals surface area contributed by atoms with Gasteiger partial charge in [-0.25, -0.2) is 9.49 Å². The van der Waals surface area contributed by atoms with Crippen molar-refractivity contribution in [2.24, 2.45) is 0 Å². The van der Waals surface area contributed by atoms with Gasteiger partial charge in [0.15, 0.2) is 5.82 Å². The van der Waals surface area contributed by atoms with Crippen LogP contribution < -0.4 is 5.32 Å². The minimum absolute atomic E-state index is 0.203. The molecule has 1 fully saturated rings. The quantitative estimate of drug-likeness (QED) is 0.461. The van der Waals surface area contributed by atoms with Crippen molar-refractivity contribution in [3.8, 4) is 22.5 Å². The molecule has 32 heavy (non-hydrogen) atoms. The first kappa shape index (κ1) is 20.3. The average Bonchev–Trinajstić information content (AvgIpc) is 3.41. The highest BCUT2D eigenvalue weighted by molar-refractivity contribution is 6.30. The second kappa shape index (κ2) is 7.80. The number of aryl methyl sites for hydroxylation is 1. The number of nitrogens with zero attached hydrogens (tertiary/aromatic N) is 4. The maximum Gasteiger partial charge on any atom is 0.235 e. The van der Waals surface area contributed by atoms with Gasteiger partial charge in [0.1, 0.15) is 5.82 Å². The van der Waals surface area contributed by atoms with Gasteiger partial charge in [-0.3, -0.25) is 9.78 Å². The summed E-state index contributed by atoms with van der Waals surface area (Å²) >= 11 is 6.12. The van der Waals surface area contributed by atoms with Crippen molar-refractivity contribution >= 4 is 23.2 Å². The number of benzene rings is 2. The fourth-order valence-corrected chi connectivity index (χ4v) is 4.05. The van der Waals surface area contributed by atoms with Gasteiger partial charge in [0.25, 0.3) is 0 Å². The van der Waals surface area contributed by atoms with Crippen molar-refractivity contribution in [1.82, 2.24) is 25.6 Å². The SMILES string of the molecule is Cc1ccc(-c2c(F)cc(NC(=O)C3(c4cccc(Cl)c4)CC3)cc2-c2nnn[nH]2)cn1. The van der Waals surface area contributed by atoms with E-state index < -0.39 is 11.2 Å². The molecule has 1 aliphatic carbocycles. The lowest BCUT2D eigenvalue weighted by atomic mass is 9.94. The highest BCUT2D eigenvalue weighted by atomic mass is 35.5. The zero-order valence-electron chi connectivity index (χ0n) is 17.1. The number of carbonyl (C=O) groups excluding carboxylic acids is 1. The van der Waals surface area contributed by atoms with E-state index >= 15 is 4.39 Å². The van der Waals surface area contributed by atoms with Crippen molar-refractivity contribution in [3.05, 3.63) is 76.8 Å². The van der Waals surface area contributed by atoms with E-state index in [1.165, 1.54) is 6.07 Å². The summed E-state index contributed by atoms with van der Waals surface area (Å²) in [5.41, 5.74) is 2.62. The third-order valence-corrected chi connectivity index (χ3v) is 5.95. The molecule has 0 saturated heterocycles. The molecule has 2 heterocycles. The number of amides is 1. The molecule has 0 radical (unpaired) electrons. The van der Waals surface area contributed by atoms with Crippen LogP contribution in [0.4, 0.5) is 10.1 Å². The lowest BCUT2D eigenvalue weighted by molar-refractivity contribution is -0.118. The van der Waals surface area contributed by atoms with Gasteiger partial charge in [-0.1, -0.05) is 29.8 Å². The normalized spacial score (nSPS) is 14.2. The highest BCUT2D eigenvalue weighted by Gasteiger charge is 2.51. The van der Waals surface area contributed by atoms with E-state index in [1.54, 1.807) is 36.5 Å². The molecule has 5 rings (SSSR count). The minimum atomic E-state index is -0.658. The van der Waals surface area contributed by atoms with E-state index in [0.29, 0.717) is 40.2 Å². The summed E-state index contributed by atoms with van der Waals surface area (Å²) in [4.78, 5) is 17.4. The molecule has 0 unspecified atom stereocenters. The molecule has 2 aromatic heterocycles. The fraction of sp³-hybridized carbons (Fsp3) is 0.174. The number of halogens is 2. The molecule has 0 atom stereocenters. The van der Waals surface area contributed by atoms with Crippen LogP contribution in [-0.4, -0.2) is 31.5 Å². The number of carbonyl (C=O) groups is 1. The predicted molar refractivity (Wildman–Crippen MR) is 119 cm³/mol. The molecule has 0 bridgehead atoms. The van der Waals surface area contributed by atoms with E-state index in [9.17, 15) is 4.79 Å². The molecule has 1 amide bonds. The number of hydrogen-bond acceptors (Lipinski definition) is 5. The fourth-order valence-electron chi connectivity index (χ4n) is 3.86. The van der Waals surface area contributed by atoms with Gasteiger partial charge in [0, 0.05) is 39.3 Å². The van der Waals surface area contributed by atoms with Crippen molar-refractivity contribution in [1.29, 1.82) is 0 Å². The molecule has 0 aliphatic heterocycles. The molecule has 2 aromatic carbocycles. The summed E-state index contributed by atoms with van der Waals surface area (Å²) in [6, 6.07) is 13.8. The number of nitrogens with one attached hydrogen (secondary N) is 2. The minimum Gasteiger partial charge on any atom is -0.325 e. The van der Waals surface area contributed by atoms with Crippen molar-refractivity contribution in [2.75, 3.05) is 5.32 Å². The summed E-state index contributed by atoms with van der Waals surface area (Å²) in [6.45, 7) is 1.85. The Morgan fingerprint density at radius 2 is 2.03 bits per heavy atom. The maximum atomic E-state index is 15.3. The van der Waals surface area contributed by atoms with Crippen LogP contribution >= 0.6 is 11.6 Å². The number of hydrogen-bond donors (Lipinski definition) is 2. The zero-order valence-corrected chi connectivity index (χ0v) is 17.8. The number of H-pyrrole nitrogens is 1. The second-order valence-electron chi connectivity index (χ2n) is 7.87. The number of aromatic amines is 1. The monoisotopic (exact) mass is 448 g/mol. The van der Waals surface area contributed by atoms with Crippen LogP contribution in [0.15, 0.2) is 54.7 Å². The Hall–Kier alpha value is -3.65. The Morgan fingerprint density at radius 1 is 1.19 bits per heavy atom. The first-order valence-corrected chi connectivity index (χ1v) is 10.4. The molecule has 4 aromatic rings. The van der Waals surface area contributed by atoms with Crippen LogP contribution in [0.2, 0.25) is 5.02 Å². The van der Waals surface area contributed by atoms with Crippen LogP contribution in [0.1, 0.15) is 24.1 Å². The molecule has 1 saturated carbocycles. The summed E-state index contributed by atoms with van der Waals surface area (Å²) < 4.78 is 15.3. The summed E-state index contributed by atoms with van der Waals surface area (Å²) in [5.74, 6) is -0.440. The topological polar surface area (TPSA) is 96.5 Å². The summed E-state index contributed by atoms with van der Waals surface area (Å²) in [7, 11) is 0. The Morgan fingerprint density at radius 3 is 2.69 bits per heavy atom. The van der Waals surface area contributed by atoms with E-state index in [0.717, 1.165) is 11.3 Å². The maximum absolute atomic E-state index is 15.3. The molecule has 1 aliphatic rings. The second-order valence-corrected chi connectivity index (χ2v) is 8.30. The van der Waals surface area contributed by atoms with Gasteiger partial charge in [-0.2, -0.15) is 0 Å². The first-order chi connectivity index (χ1) is 15.5. The van der Waals surface area contributed by atoms with Crippen molar-refractivity contribution in [2.45, 2.75) is 25.2 Å². The average molecular weight is 449 g/mol. The Balaban J connectivity index is 1.53. The van der Waals surface area contributed by atoms with E-state index in [-0.39, 0.29) is 11.7 Å². The first-order valence-electron chi connectivity index (χ1n) is 10.0. The van der Waals surface area contributed by atoms with Gasteiger partial charge in [0.05, 0.1) is 5.41 Å². The number of pyridine rings is 1. The van der Waals surface area contributed by atoms with E-state index in [1.807, 2.05) is 19.1 Å². The molecular formula is C23H18ClFN6O. The van der Waals surface area contributed by atoms with Gasteiger partial charge in [-0.15, -0.1) is 5.10 Å². The van der Waals surface area contributed by atoms with Crippen LogP contribution in [0.25, 0.3) is 22.5 Å². The number of rotatable bonds is 5. The van der Waals surface area contributed by atoms with Crippen molar-refractivity contribution in [3.63, 3.8) is 0 Å². The lowest BCUT2D eigenvalue weighted by Gasteiger charge is -2.18. The zero-order chi connectivity index (χ0) is 22.3. The smallest absolute Gasteiger partial charge is 0.235 e. The molecule has 2 N–H and O–H groups in total. The number of anilines is 1. The van der Waals surface area contributed by atoms with Crippen LogP contribution in [0.3, 0.4) is 0 Å². The van der Waals surface area contributed by atoms with Crippen molar-refractivity contribution < 1.29 is 9.18 Å². The highest BCUT2D eigenvalue weighted by Crippen LogP contribution is 2.49. The molecule has 160 valence electrons. The Kier molecular flexibility index (Phi) is 4.94. The summed E-state index contributed by atoms with van der Waals surface area (Å²) in [5, 5.41) is 17.3. The van der Waals surface area contributed by atoms with Gasteiger partial charge in [-0.05, 0) is 66.1 Å². The molecule has 0 spiro atoms. The lowest BCUT2D eigenvalue weighted by Crippen LogP contribution is -2.27. The van der Waals surface area contributed by atoms with Gasteiger partial charge < -0.3 is 5.32 Å². The van der Waals surface area contributed by atoms with Crippen LogP contribution in [0.5, 0.6) is 0 Å². The van der Waals surface area contributed by atoms with Gasteiger partial charge in [0.2, 0.25) is 5.91 Å². The molecular weight excluding hydrogens is 431 g/mol. The van der Waals surface area contributed by atoms with Crippen LogP contribution in [0, 0.1) is 12.7 Å². The molecule has 9 heteroatoms. The third-order valence-electron chi connectivity index (χ3n) is 5.71. The van der Waals surface area contributed by atoms with Gasteiger partial charge >= 0.3 is 0 Å². The molecule has 7 nitrogen and oxygen atoms in total. The predicted octanol–water partition coefficient (Wildman–Crippen LogP) is 4.70. The Labute approximate surface area is 188 Å². The largest absolute Gasteiger partial charge is 0.325 e. The Bertz CT molecular complexity index is 1300. The van der Waals surface area contributed by atoms with E-state index in [2.05, 4.69) is 30.9 Å². The third kappa shape index (κ3) is 3.62. The standard InChI is InChI=1S/C23H18ClFN6O/c1-13-5-6-14(12-26-13)20-18(21-28-30-31-29-21)10-17(11-19(20)25)27-22(32)23(7-8-23)15-3-2-4-16(24)9-15/h2-6,9-12H,7-8H2,1H3,(H,27,32)(H,28,29,30,31). The number of tetrazole rings is 1. The summed E-state index contributed by atoms with van der Waals surface area (Å²) in [6.07, 6.45) is 3.00. The van der Waals surface area contributed by atoms with E-state index in [4.69, 9.17) is 11.6 Å².